The largest absolute Gasteiger partial charge is 0.385 e. The summed E-state index contributed by atoms with van der Waals surface area (Å²) in [6, 6.07) is 5.46. The molecule has 0 radical (unpaired) electrons. The van der Waals surface area contributed by atoms with Gasteiger partial charge in [0.05, 0.1) is 11.9 Å². The standard InChI is InChI=1S/C18H22N8O2/c1-20-13-9-15(24-26-14(16(19)27)10-22-17(13)26)23-12-3-2-8-25(18(12)28)11-4-6-21-7-5-11/h2-3,8-11,20-21H,4-7H2,1H3,(H2,19,27)(H,23,24). The summed E-state index contributed by atoms with van der Waals surface area (Å²) in [5, 5.41) is 13.8. The molecule has 28 heavy (non-hydrogen) atoms. The van der Waals surface area contributed by atoms with Crippen molar-refractivity contribution in [1.29, 1.82) is 0 Å². The van der Waals surface area contributed by atoms with Crippen LogP contribution in [0.5, 0.6) is 0 Å². The highest BCUT2D eigenvalue weighted by atomic mass is 16.1. The van der Waals surface area contributed by atoms with Crippen LogP contribution in [-0.4, -0.2) is 45.2 Å². The molecule has 5 N–H and O–H groups in total. The maximum Gasteiger partial charge on any atom is 0.274 e. The number of anilines is 3. The monoisotopic (exact) mass is 382 g/mol. The van der Waals surface area contributed by atoms with E-state index in [0.29, 0.717) is 22.8 Å². The zero-order valence-electron chi connectivity index (χ0n) is 15.5. The van der Waals surface area contributed by atoms with E-state index < -0.39 is 5.91 Å². The van der Waals surface area contributed by atoms with Crippen LogP contribution in [0.2, 0.25) is 0 Å². The summed E-state index contributed by atoms with van der Waals surface area (Å²) in [5.41, 5.74) is 7.00. The first-order valence-electron chi connectivity index (χ1n) is 9.13. The van der Waals surface area contributed by atoms with E-state index in [-0.39, 0.29) is 17.3 Å². The lowest BCUT2D eigenvalue weighted by Crippen LogP contribution is -2.34. The van der Waals surface area contributed by atoms with E-state index in [0.717, 1.165) is 25.9 Å². The summed E-state index contributed by atoms with van der Waals surface area (Å²) < 4.78 is 3.14. The average molecular weight is 382 g/mol. The summed E-state index contributed by atoms with van der Waals surface area (Å²) in [7, 11) is 1.74. The number of primary amides is 1. The third-order valence-electron chi connectivity index (χ3n) is 4.93. The highest BCUT2D eigenvalue weighted by Gasteiger charge is 2.18. The van der Waals surface area contributed by atoms with Crippen molar-refractivity contribution in [1.82, 2.24) is 24.5 Å². The first kappa shape index (κ1) is 18.0. The predicted octanol–water partition coefficient (Wildman–Crippen LogP) is 0.700. The summed E-state index contributed by atoms with van der Waals surface area (Å²) in [6.07, 6.45) is 5.02. The molecule has 4 heterocycles. The van der Waals surface area contributed by atoms with Crippen molar-refractivity contribution in [2.75, 3.05) is 30.8 Å². The SMILES string of the molecule is CNc1cc(Nc2cccn(C3CCNCC3)c2=O)nn2c(C(N)=O)cnc12. The number of fused-ring (bicyclic) bond motifs is 1. The van der Waals surface area contributed by atoms with Crippen molar-refractivity contribution in [3.8, 4) is 0 Å². The second kappa shape index (κ2) is 7.31. The predicted molar refractivity (Wildman–Crippen MR) is 106 cm³/mol. The molecule has 1 amide bonds. The van der Waals surface area contributed by atoms with Crippen LogP contribution in [0.1, 0.15) is 29.4 Å². The smallest absolute Gasteiger partial charge is 0.274 e. The highest BCUT2D eigenvalue weighted by Crippen LogP contribution is 2.22. The Kier molecular flexibility index (Phi) is 4.70. The van der Waals surface area contributed by atoms with Crippen molar-refractivity contribution in [3.05, 3.63) is 46.6 Å². The first-order valence-corrected chi connectivity index (χ1v) is 9.13. The molecule has 1 fully saturated rings. The van der Waals surface area contributed by atoms with E-state index in [9.17, 15) is 9.59 Å². The number of nitrogens with two attached hydrogens (primary N) is 1. The number of aromatic nitrogens is 4. The van der Waals surface area contributed by atoms with Crippen LogP contribution in [0.15, 0.2) is 35.4 Å². The molecule has 1 aliphatic rings. The van der Waals surface area contributed by atoms with Gasteiger partial charge in [0.15, 0.2) is 11.5 Å². The van der Waals surface area contributed by atoms with Gasteiger partial charge in [-0.05, 0) is 38.1 Å². The normalized spacial score (nSPS) is 14.9. The number of imidazole rings is 1. The van der Waals surface area contributed by atoms with Crippen LogP contribution in [0.25, 0.3) is 5.65 Å². The maximum atomic E-state index is 13.0. The van der Waals surface area contributed by atoms with Crippen LogP contribution in [0.4, 0.5) is 17.2 Å². The molecule has 0 aromatic carbocycles. The van der Waals surface area contributed by atoms with E-state index in [1.165, 1.54) is 10.7 Å². The number of hydrogen-bond acceptors (Lipinski definition) is 7. The third kappa shape index (κ3) is 3.18. The van der Waals surface area contributed by atoms with Crippen LogP contribution in [-0.2, 0) is 0 Å². The second-order valence-corrected chi connectivity index (χ2v) is 6.68. The molecule has 4 rings (SSSR count). The lowest BCUT2D eigenvalue weighted by atomic mass is 10.1. The van der Waals surface area contributed by atoms with Gasteiger partial charge in [-0.15, -0.1) is 5.10 Å². The van der Waals surface area contributed by atoms with E-state index in [2.05, 4.69) is 26.0 Å². The van der Waals surface area contributed by atoms with Crippen molar-refractivity contribution in [3.63, 3.8) is 0 Å². The van der Waals surface area contributed by atoms with Crippen LogP contribution < -0.4 is 27.2 Å². The number of rotatable bonds is 5. The van der Waals surface area contributed by atoms with E-state index in [1.54, 1.807) is 23.7 Å². The Labute approximate surface area is 160 Å². The number of amides is 1. The number of carbonyl (C=O) groups is 1. The van der Waals surface area contributed by atoms with Gasteiger partial charge in [0.25, 0.3) is 11.5 Å². The summed E-state index contributed by atoms with van der Waals surface area (Å²) >= 11 is 0. The van der Waals surface area contributed by atoms with Gasteiger partial charge in [-0.3, -0.25) is 9.59 Å². The van der Waals surface area contributed by atoms with Gasteiger partial charge in [0.2, 0.25) is 0 Å². The molecule has 0 bridgehead atoms. The zero-order valence-corrected chi connectivity index (χ0v) is 15.5. The molecule has 10 nitrogen and oxygen atoms in total. The fourth-order valence-corrected chi connectivity index (χ4v) is 3.50. The fourth-order valence-electron chi connectivity index (χ4n) is 3.50. The van der Waals surface area contributed by atoms with E-state index >= 15 is 0 Å². The molecule has 0 unspecified atom stereocenters. The number of piperidine rings is 1. The maximum absolute atomic E-state index is 13.0. The Morgan fingerprint density at radius 3 is 2.82 bits per heavy atom. The third-order valence-corrected chi connectivity index (χ3v) is 4.93. The van der Waals surface area contributed by atoms with Crippen LogP contribution >= 0.6 is 0 Å². The molecule has 10 heteroatoms. The Balaban J connectivity index is 1.73. The number of nitrogens with one attached hydrogen (secondary N) is 3. The van der Waals surface area contributed by atoms with Crippen molar-refractivity contribution >= 4 is 28.7 Å². The minimum Gasteiger partial charge on any atom is -0.385 e. The first-order chi connectivity index (χ1) is 13.6. The second-order valence-electron chi connectivity index (χ2n) is 6.68. The number of hydrogen-bond donors (Lipinski definition) is 4. The Bertz CT molecular complexity index is 1080. The minimum atomic E-state index is -0.632. The molecule has 3 aromatic rings. The Morgan fingerprint density at radius 2 is 2.11 bits per heavy atom. The lowest BCUT2D eigenvalue weighted by Gasteiger charge is -2.25. The molecular formula is C18H22N8O2. The van der Waals surface area contributed by atoms with Gasteiger partial charge in [0.1, 0.15) is 11.4 Å². The molecule has 146 valence electrons. The minimum absolute atomic E-state index is 0.108. The van der Waals surface area contributed by atoms with Gasteiger partial charge in [-0.25, -0.2) is 9.50 Å². The van der Waals surface area contributed by atoms with E-state index in [4.69, 9.17) is 5.73 Å². The fraction of sp³-hybridized carbons (Fsp3) is 0.333. The van der Waals surface area contributed by atoms with Crippen LogP contribution in [0.3, 0.4) is 0 Å². The Hall–Kier alpha value is -3.40. The zero-order chi connectivity index (χ0) is 19.7. The van der Waals surface area contributed by atoms with E-state index in [1.807, 2.05) is 12.3 Å². The van der Waals surface area contributed by atoms with Gasteiger partial charge >= 0.3 is 0 Å². The van der Waals surface area contributed by atoms with Crippen molar-refractivity contribution in [2.24, 2.45) is 5.73 Å². The number of carbonyl (C=O) groups excluding carboxylic acids is 1. The van der Waals surface area contributed by atoms with Crippen molar-refractivity contribution < 1.29 is 4.79 Å². The quantitative estimate of drug-likeness (QED) is 0.511. The molecule has 0 atom stereocenters. The lowest BCUT2D eigenvalue weighted by molar-refractivity contribution is 0.0993. The molecule has 3 aromatic heterocycles. The Morgan fingerprint density at radius 1 is 1.32 bits per heavy atom. The highest BCUT2D eigenvalue weighted by molar-refractivity contribution is 5.92. The molecule has 1 saturated heterocycles. The summed E-state index contributed by atoms with van der Waals surface area (Å²) in [4.78, 5) is 28.8. The molecule has 0 spiro atoms. The van der Waals surface area contributed by atoms with Gasteiger partial charge in [-0.2, -0.15) is 0 Å². The van der Waals surface area contributed by atoms with Gasteiger partial charge in [0, 0.05) is 25.4 Å². The number of pyridine rings is 1. The van der Waals surface area contributed by atoms with Gasteiger partial charge < -0.3 is 26.3 Å². The summed E-state index contributed by atoms with van der Waals surface area (Å²) in [5.74, 6) is -0.232. The van der Waals surface area contributed by atoms with Gasteiger partial charge in [-0.1, -0.05) is 0 Å². The molecule has 0 saturated carbocycles. The average Bonchev–Trinajstić information content (AvgIpc) is 3.14. The van der Waals surface area contributed by atoms with Crippen molar-refractivity contribution in [2.45, 2.75) is 18.9 Å². The molecule has 0 aliphatic carbocycles. The number of nitrogens with zero attached hydrogens (tertiary/aromatic N) is 4. The topological polar surface area (TPSA) is 131 Å². The van der Waals surface area contributed by atoms with Crippen LogP contribution in [0, 0.1) is 0 Å². The molecule has 1 aliphatic heterocycles. The summed E-state index contributed by atoms with van der Waals surface area (Å²) in [6.45, 7) is 1.80. The molecular weight excluding hydrogens is 360 g/mol.